The second-order valence-electron chi connectivity index (χ2n) is 4.14. The third-order valence-electron chi connectivity index (χ3n) is 2.54. The van der Waals surface area contributed by atoms with E-state index in [9.17, 15) is 4.79 Å². The van der Waals surface area contributed by atoms with Crippen molar-refractivity contribution in [3.05, 3.63) is 32.7 Å². The SMILES string of the molecule is CCCCC(C)NC(=O)c1ccc(Br)cc1Br. The van der Waals surface area contributed by atoms with Crippen LogP contribution in [-0.2, 0) is 0 Å². The maximum absolute atomic E-state index is 12.0. The third kappa shape index (κ3) is 4.80. The van der Waals surface area contributed by atoms with Crippen molar-refractivity contribution in [3.8, 4) is 0 Å². The Bertz CT molecular complexity index is 393. The number of hydrogen-bond acceptors (Lipinski definition) is 1. The van der Waals surface area contributed by atoms with E-state index in [4.69, 9.17) is 0 Å². The zero-order chi connectivity index (χ0) is 12.8. The standard InChI is InChI=1S/C13H17Br2NO/c1-3-4-5-9(2)16-13(17)11-7-6-10(14)8-12(11)15/h6-9H,3-5H2,1-2H3,(H,16,17). The van der Waals surface area contributed by atoms with E-state index in [0.29, 0.717) is 5.56 Å². The van der Waals surface area contributed by atoms with E-state index in [-0.39, 0.29) is 11.9 Å². The molecule has 0 spiro atoms. The second kappa shape index (κ2) is 7.17. The van der Waals surface area contributed by atoms with Crippen LogP contribution in [0.1, 0.15) is 43.5 Å². The summed E-state index contributed by atoms with van der Waals surface area (Å²) in [6, 6.07) is 5.79. The summed E-state index contributed by atoms with van der Waals surface area (Å²) in [6.07, 6.45) is 3.32. The van der Waals surface area contributed by atoms with Crippen molar-refractivity contribution in [3.63, 3.8) is 0 Å². The molecule has 0 aliphatic heterocycles. The summed E-state index contributed by atoms with van der Waals surface area (Å²) in [5, 5.41) is 3.01. The van der Waals surface area contributed by atoms with Gasteiger partial charge in [0.1, 0.15) is 0 Å². The van der Waals surface area contributed by atoms with Crippen LogP contribution in [0.5, 0.6) is 0 Å². The molecule has 0 aliphatic rings. The molecular formula is C13H17Br2NO. The van der Waals surface area contributed by atoms with E-state index in [1.807, 2.05) is 25.1 Å². The lowest BCUT2D eigenvalue weighted by Crippen LogP contribution is -2.32. The molecular weight excluding hydrogens is 346 g/mol. The molecule has 0 fully saturated rings. The largest absolute Gasteiger partial charge is 0.350 e. The number of carbonyl (C=O) groups excluding carboxylic acids is 1. The van der Waals surface area contributed by atoms with Crippen molar-refractivity contribution in [1.82, 2.24) is 5.32 Å². The number of carbonyl (C=O) groups is 1. The first-order valence-corrected chi connectivity index (χ1v) is 7.39. The van der Waals surface area contributed by atoms with Gasteiger partial charge in [-0.15, -0.1) is 0 Å². The van der Waals surface area contributed by atoms with Gasteiger partial charge in [0.25, 0.3) is 5.91 Å². The van der Waals surface area contributed by atoms with E-state index >= 15 is 0 Å². The molecule has 1 atom stereocenters. The number of nitrogens with one attached hydrogen (secondary N) is 1. The quantitative estimate of drug-likeness (QED) is 0.819. The van der Waals surface area contributed by atoms with E-state index in [1.54, 1.807) is 0 Å². The molecule has 0 bridgehead atoms. The van der Waals surface area contributed by atoms with Gasteiger partial charge in [0.05, 0.1) is 5.56 Å². The molecule has 1 unspecified atom stereocenters. The van der Waals surface area contributed by atoms with E-state index in [2.05, 4.69) is 44.1 Å². The van der Waals surface area contributed by atoms with Crippen molar-refractivity contribution < 1.29 is 4.79 Å². The molecule has 4 heteroatoms. The highest BCUT2D eigenvalue weighted by molar-refractivity contribution is 9.11. The summed E-state index contributed by atoms with van der Waals surface area (Å²) in [4.78, 5) is 12.0. The molecule has 94 valence electrons. The van der Waals surface area contributed by atoms with E-state index in [1.165, 1.54) is 0 Å². The number of unbranched alkanes of at least 4 members (excludes halogenated alkanes) is 1. The number of amides is 1. The average molecular weight is 363 g/mol. The molecule has 2 nitrogen and oxygen atoms in total. The molecule has 0 heterocycles. The van der Waals surface area contributed by atoms with Crippen LogP contribution in [0.4, 0.5) is 0 Å². The van der Waals surface area contributed by atoms with Crippen molar-refractivity contribution in [2.75, 3.05) is 0 Å². The molecule has 0 radical (unpaired) electrons. The van der Waals surface area contributed by atoms with Gasteiger partial charge in [-0.05, 0) is 47.5 Å². The summed E-state index contributed by atoms with van der Waals surface area (Å²) < 4.78 is 1.77. The minimum Gasteiger partial charge on any atom is -0.350 e. The Morgan fingerprint density at radius 3 is 2.71 bits per heavy atom. The Hall–Kier alpha value is -0.350. The van der Waals surface area contributed by atoms with Crippen molar-refractivity contribution >= 4 is 37.8 Å². The average Bonchev–Trinajstić information content (AvgIpc) is 2.26. The van der Waals surface area contributed by atoms with Gasteiger partial charge in [0.2, 0.25) is 0 Å². The lowest BCUT2D eigenvalue weighted by Gasteiger charge is -2.14. The highest BCUT2D eigenvalue weighted by Gasteiger charge is 2.12. The maximum Gasteiger partial charge on any atom is 0.252 e. The van der Waals surface area contributed by atoms with Crippen LogP contribution < -0.4 is 5.32 Å². The Labute approximate surface area is 119 Å². The van der Waals surface area contributed by atoms with Gasteiger partial charge >= 0.3 is 0 Å². The van der Waals surface area contributed by atoms with Crippen LogP contribution in [0, 0.1) is 0 Å². The lowest BCUT2D eigenvalue weighted by atomic mass is 10.1. The Balaban J connectivity index is 2.63. The lowest BCUT2D eigenvalue weighted by molar-refractivity contribution is 0.0937. The molecule has 1 aromatic carbocycles. The summed E-state index contributed by atoms with van der Waals surface area (Å²) in [5.41, 5.74) is 0.677. The molecule has 0 saturated heterocycles. The van der Waals surface area contributed by atoms with Crippen LogP contribution in [0.3, 0.4) is 0 Å². The van der Waals surface area contributed by atoms with Gasteiger partial charge < -0.3 is 5.32 Å². The zero-order valence-electron chi connectivity index (χ0n) is 10.1. The molecule has 1 aromatic rings. The number of rotatable bonds is 5. The van der Waals surface area contributed by atoms with Gasteiger partial charge in [-0.25, -0.2) is 0 Å². The fourth-order valence-corrected chi connectivity index (χ4v) is 2.78. The van der Waals surface area contributed by atoms with Gasteiger partial charge in [-0.2, -0.15) is 0 Å². The molecule has 0 saturated carbocycles. The van der Waals surface area contributed by atoms with Gasteiger partial charge in [0.15, 0.2) is 0 Å². The summed E-state index contributed by atoms with van der Waals surface area (Å²) >= 11 is 6.77. The molecule has 0 aromatic heterocycles. The topological polar surface area (TPSA) is 29.1 Å². The monoisotopic (exact) mass is 361 g/mol. The minimum atomic E-state index is -0.0204. The van der Waals surface area contributed by atoms with Gasteiger partial charge in [-0.1, -0.05) is 35.7 Å². The number of hydrogen-bond donors (Lipinski definition) is 1. The zero-order valence-corrected chi connectivity index (χ0v) is 13.3. The first-order chi connectivity index (χ1) is 8.04. The Morgan fingerprint density at radius 2 is 2.12 bits per heavy atom. The summed E-state index contributed by atoms with van der Waals surface area (Å²) in [7, 11) is 0. The van der Waals surface area contributed by atoms with Crippen molar-refractivity contribution in [2.45, 2.75) is 39.2 Å². The van der Waals surface area contributed by atoms with Crippen LogP contribution in [0.25, 0.3) is 0 Å². The predicted octanol–water partition coefficient (Wildman–Crippen LogP) is 4.52. The second-order valence-corrected chi connectivity index (χ2v) is 5.91. The predicted molar refractivity (Wildman–Crippen MR) is 78.3 cm³/mol. The van der Waals surface area contributed by atoms with Gasteiger partial charge in [0, 0.05) is 15.0 Å². The molecule has 1 rings (SSSR count). The van der Waals surface area contributed by atoms with Crippen LogP contribution in [-0.4, -0.2) is 11.9 Å². The maximum atomic E-state index is 12.0. The van der Waals surface area contributed by atoms with Crippen LogP contribution >= 0.6 is 31.9 Å². The molecule has 1 N–H and O–H groups in total. The molecule has 1 amide bonds. The van der Waals surface area contributed by atoms with Crippen molar-refractivity contribution in [1.29, 1.82) is 0 Å². The fraction of sp³-hybridized carbons (Fsp3) is 0.462. The molecule has 17 heavy (non-hydrogen) atoms. The third-order valence-corrected chi connectivity index (χ3v) is 3.69. The smallest absolute Gasteiger partial charge is 0.252 e. The first-order valence-electron chi connectivity index (χ1n) is 5.80. The number of halogens is 2. The highest BCUT2D eigenvalue weighted by Crippen LogP contribution is 2.22. The first kappa shape index (κ1) is 14.7. The van der Waals surface area contributed by atoms with Crippen LogP contribution in [0.2, 0.25) is 0 Å². The van der Waals surface area contributed by atoms with E-state index < -0.39 is 0 Å². The summed E-state index contributed by atoms with van der Waals surface area (Å²) in [5.74, 6) is -0.0204. The Morgan fingerprint density at radius 1 is 1.41 bits per heavy atom. The highest BCUT2D eigenvalue weighted by atomic mass is 79.9. The molecule has 0 aliphatic carbocycles. The van der Waals surface area contributed by atoms with Crippen LogP contribution in [0.15, 0.2) is 27.1 Å². The van der Waals surface area contributed by atoms with Crippen molar-refractivity contribution in [2.24, 2.45) is 0 Å². The Kier molecular flexibility index (Phi) is 6.20. The van der Waals surface area contributed by atoms with Gasteiger partial charge in [-0.3, -0.25) is 4.79 Å². The fourth-order valence-electron chi connectivity index (χ4n) is 1.56. The number of benzene rings is 1. The van der Waals surface area contributed by atoms with E-state index in [0.717, 1.165) is 28.2 Å². The normalized spacial score (nSPS) is 12.2. The minimum absolute atomic E-state index is 0.0204. The summed E-state index contributed by atoms with van der Waals surface area (Å²) in [6.45, 7) is 4.19.